The number of rotatable bonds is 4. The Morgan fingerprint density at radius 2 is 1.78 bits per heavy atom. The Morgan fingerprint density at radius 3 is 2.52 bits per heavy atom. The minimum Gasteiger partial charge on any atom is -0.481 e. The third kappa shape index (κ3) is 3.18. The van der Waals surface area contributed by atoms with Crippen molar-refractivity contribution in [3.63, 3.8) is 0 Å². The highest BCUT2D eigenvalue weighted by atomic mass is 16.5. The molecule has 0 fully saturated rings. The average Bonchev–Trinajstić information content (AvgIpc) is 2.73. The molecule has 7 heteroatoms. The van der Waals surface area contributed by atoms with Crippen molar-refractivity contribution >= 4 is 16.9 Å². The van der Waals surface area contributed by atoms with Crippen molar-refractivity contribution in [3.05, 3.63) is 66.9 Å². The Kier molecular flexibility index (Phi) is 4.18. The van der Waals surface area contributed by atoms with E-state index < -0.39 is 5.97 Å². The van der Waals surface area contributed by atoms with E-state index in [2.05, 4.69) is 19.9 Å². The normalized spacial score (nSPS) is 10.7. The summed E-state index contributed by atoms with van der Waals surface area (Å²) in [6.45, 7) is 0. The molecule has 0 saturated heterocycles. The lowest BCUT2D eigenvalue weighted by molar-refractivity contribution is 0.0696. The Hall–Kier alpha value is -3.87. The van der Waals surface area contributed by atoms with Crippen LogP contribution in [0.3, 0.4) is 0 Å². The van der Waals surface area contributed by atoms with E-state index in [9.17, 15) is 9.90 Å². The molecular formula is C20H14N4O3. The highest BCUT2D eigenvalue weighted by Gasteiger charge is 2.11. The molecule has 3 heterocycles. The quantitative estimate of drug-likeness (QED) is 0.596. The molecule has 0 radical (unpaired) electrons. The first kappa shape index (κ1) is 16.6. The first-order valence-corrected chi connectivity index (χ1v) is 8.09. The maximum absolute atomic E-state index is 11.2. The van der Waals surface area contributed by atoms with Gasteiger partial charge in [0.25, 0.3) is 0 Å². The van der Waals surface area contributed by atoms with Crippen molar-refractivity contribution in [2.45, 2.75) is 0 Å². The second kappa shape index (κ2) is 6.80. The zero-order chi connectivity index (χ0) is 18.8. The van der Waals surface area contributed by atoms with Gasteiger partial charge in [-0.1, -0.05) is 6.07 Å². The first-order chi connectivity index (χ1) is 13.2. The molecule has 1 aromatic carbocycles. The smallest absolute Gasteiger partial charge is 0.337 e. The van der Waals surface area contributed by atoms with Gasteiger partial charge >= 0.3 is 5.97 Å². The maximum atomic E-state index is 11.2. The molecule has 0 unspecified atom stereocenters. The van der Waals surface area contributed by atoms with Crippen LogP contribution in [0.4, 0.5) is 0 Å². The molecule has 0 atom stereocenters. The number of carboxylic acid groups (broad SMARTS) is 1. The van der Waals surface area contributed by atoms with Crippen molar-refractivity contribution < 1.29 is 14.6 Å². The van der Waals surface area contributed by atoms with Crippen LogP contribution in [0, 0.1) is 0 Å². The number of aromatic nitrogens is 4. The van der Waals surface area contributed by atoms with Gasteiger partial charge < -0.3 is 9.84 Å². The van der Waals surface area contributed by atoms with Gasteiger partial charge in [-0.2, -0.15) is 0 Å². The molecule has 132 valence electrons. The van der Waals surface area contributed by atoms with Crippen LogP contribution in [0.15, 0.2) is 61.3 Å². The molecule has 7 nitrogen and oxygen atoms in total. The largest absolute Gasteiger partial charge is 0.481 e. The molecule has 1 N–H and O–H groups in total. The molecule has 0 saturated carbocycles. The number of carboxylic acids is 1. The lowest BCUT2D eigenvalue weighted by Crippen LogP contribution is -1.98. The lowest BCUT2D eigenvalue weighted by atomic mass is 10.0. The van der Waals surface area contributed by atoms with Crippen molar-refractivity contribution in [1.29, 1.82) is 0 Å². The summed E-state index contributed by atoms with van der Waals surface area (Å²) in [6, 6.07) is 11.1. The summed E-state index contributed by atoms with van der Waals surface area (Å²) in [7, 11) is 1.57. The summed E-state index contributed by atoms with van der Waals surface area (Å²) < 4.78 is 5.10. The van der Waals surface area contributed by atoms with Crippen molar-refractivity contribution in [2.75, 3.05) is 7.11 Å². The fraction of sp³-hybridized carbons (Fsp3) is 0.0500. The maximum Gasteiger partial charge on any atom is 0.337 e. The summed E-state index contributed by atoms with van der Waals surface area (Å²) in [5, 5.41) is 10.0. The molecule has 0 bridgehead atoms. The van der Waals surface area contributed by atoms with Crippen LogP contribution in [0.1, 0.15) is 10.4 Å². The van der Waals surface area contributed by atoms with E-state index in [0.717, 1.165) is 22.0 Å². The van der Waals surface area contributed by atoms with Crippen LogP contribution in [0.2, 0.25) is 0 Å². The average molecular weight is 358 g/mol. The van der Waals surface area contributed by atoms with Gasteiger partial charge in [0.05, 0.1) is 23.9 Å². The molecule has 4 rings (SSSR count). The summed E-state index contributed by atoms with van der Waals surface area (Å²) >= 11 is 0. The molecule has 0 amide bonds. The van der Waals surface area contributed by atoms with Crippen molar-refractivity contribution in [1.82, 2.24) is 19.9 Å². The number of pyridine rings is 2. The van der Waals surface area contributed by atoms with E-state index in [4.69, 9.17) is 4.74 Å². The minimum absolute atomic E-state index is 0.106. The van der Waals surface area contributed by atoms with Gasteiger partial charge in [0.1, 0.15) is 6.33 Å². The lowest BCUT2D eigenvalue weighted by Gasteiger charge is -2.08. The fourth-order valence-corrected chi connectivity index (χ4v) is 2.82. The number of methoxy groups -OCH3 is 1. The second-order valence-electron chi connectivity index (χ2n) is 5.81. The summed E-state index contributed by atoms with van der Waals surface area (Å²) in [6.07, 6.45) is 6.09. The standard InChI is InChI=1S/C20H14N4O3/c1-27-18-5-3-13(10-22-18)12-2-4-17-16(7-12)19(24-11-23-17)14-6-15(20(25)26)9-21-8-14/h2-11H,1H3,(H,25,26). The third-order valence-corrected chi connectivity index (χ3v) is 4.17. The van der Waals surface area contributed by atoms with Crippen LogP contribution >= 0.6 is 0 Å². The van der Waals surface area contributed by atoms with Gasteiger partial charge in [-0.05, 0) is 29.8 Å². The monoisotopic (exact) mass is 358 g/mol. The van der Waals surface area contributed by atoms with Gasteiger partial charge in [0.15, 0.2) is 0 Å². The van der Waals surface area contributed by atoms with Gasteiger partial charge in [0, 0.05) is 41.2 Å². The van der Waals surface area contributed by atoms with E-state index in [1.54, 1.807) is 31.6 Å². The highest BCUT2D eigenvalue weighted by Crippen LogP contribution is 2.30. The Bertz CT molecular complexity index is 1140. The minimum atomic E-state index is -1.03. The number of hydrogen-bond donors (Lipinski definition) is 1. The van der Waals surface area contributed by atoms with Gasteiger partial charge in [-0.15, -0.1) is 0 Å². The van der Waals surface area contributed by atoms with Crippen LogP contribution in [-0.4, -0.2) is 38.1 Å². The van der Waals surface area contributed by atoms with Crippen LogP contribution < -0.4 is 4.74 Å². The van der Waals surface area contributed by atoms with Gasteiger partial charge in [-0.25, -0.2) is 19.7 Å². The van der Waals surface area contributed by atoms with Crippen molar-refractivity contribution in [2.24, 2.45) is 0 Å². The van der Waals surface area contributed by atoms with Crippen LogP contribution in [0.25, 0.3) is 33.3 Å². The van der Waals surface area contributed by atoms with E-state index in [0.29, 0.717) is 17.1 Å². The van der Waals surface area contributed by atoms with Crippen LogP contribution in [0.5, 0.6) is 5.88 Å². The molecule has 3 aromatic heterocycles. The Balaban J connectivity index is 1.86. The van der Waals surface area contributed by atoms with E-state index >= 15 is 0 Å². The Labute approximate surface area is 154 Å². The third-order valence-electron chi connectivity index (χ3n) is 4.17. The molecular weight excluding hydrogens is 344 g/mol. The number of aromatic carboxylic acids is 1. The number of fused-ring (bicyclic) bond motifs is 1. The summed E-state index contributed by atoms with van der Waals surface area (Å²) in [5.74, 6) is -0.493. The molecule has 0 spiro atoms. The van der Waals surface area contributed by atoms with E-state index in [1.165, 1.54) is 12.5 Å². The molecule has 0 aliphatic heterocycles. The predicted molar refractivity (Wildman–Crippen MR) is 99.5 cm³/mol. The SMILES string of the molecule is COc1ccc(-c2ccc3ncnc(-c4cncc(C(=O)O)c4)c3c2)cn1. The second-order valence-corrected chi connectivity index (χ2v) is 5.81. The van der Waals surface area contributed by atoms with Crippen LogP contribution in [-0.2, 0) is 0 Å². The number of ether oxygens (including phenoxy) is 1. The predicted octanol–water partition coefficient (Wildman–Crippen LogP) is 3.46. The zero-order valence-electron chi connectivity index (χ0n) is 14.3. The zero-order valence-corrected chi connectivity index (χ0v) is 14.3. The fourth-order valence-electron chi connectivity index (χ4n) is 2.82. The van der Waals surface area contributed by atoms with Gasteiger partial charge in [-0.3, -0.25) is 4.98 Å². The van der Waals surface area contributed by atoms with E-state index in [1.807, 2.05) is 24.3 Å². The van der Waals surface area contributed by atoms with Gasteiger partial charge in [0.2, 0.25) is 5.88 Å². The number of carbonyl (C=O) groups is 1. The summed E-state index contributed by atoms with van der Waals surface area (Å²) in [4.78, 5) is 28.2. The number of nitrogens with zero attached hydrogens (tertiary/aromatic N) is 4. The molecule has 27 heavy (non-hydrogen) atoms. The van der Waals surface area contributed by atoms with E-state index in [-0.39, 0.29) is 5.56 Å². The van der Waals surface area contributed by atoms with Crippen molar-refractivity contribution in [3.8, 4) is 28.3 Å². The number of hydrogen-bond acceptors (Lipinski definition) is 6. The molecule has 0 aliphatic rings. The topological polar surface area (TPSA) is 98.1 Å². The first-order valence-electron chi connectivity index (χ1n) is 8.09. The Morgan fingerprint density at radius 1 is 0.926 bits per heavy atom. The molecule has 4 aromatic rings. The molecule has 0 aliphatic carbocycles. The number of benzene rings is 1. The highest BCUT2D eigenvalue weighted by molar-refractivity contribution is 5.96. The summed E-state index contributed by atoms with van der Waals surface area (Å²) in [5.41, 5.74) is 3.97.